The summed E-state index contributed by atoms with van der Waals surface area (Å²) < 4.78 is 2.14. The number of rotatable bonds is 4. The zero-order valence-electron chi connectivity index (χ0n) is 14.6. The molecule has 0 aliphatic carbocycles. The van der Waals surface area contributed by atoms with Crippen LogP contribution in [0.3, 0.4) is 0 Å². The highest BCUT2D eigenvalue weighted by atomic mass is 32.1. The second-order valence-electron chi connectivity index (χ2n) is 6.13. The van der Waals surface area contributed by atoms with Crippen molar-refractivity contribution in [3.05, 3.63) is 39.5 Å². The Balaban J connectivity index is 2.51. The number of hydrogen-bond acceptors (Lipinski definition) is 3. The molecule has 2 heterocycles. The van der Waals surface area contributed by atoms with Crippen LogP contribution in [0.2, 0.25) is 0 Å². The van der Waals surface area contributed by atoms with Crippen LogP contribution in [0.1, 0.15) is 39.1 Å². The minimum atomic E-state index is -0.178. The van der Waals surface area contributed by atoms with Gasteiger partial charge in [0.2, 0.25) is 0 Å². The smallest absolute Gasteiger partial charge is 0.256 e. The van der Waals surface area contributed by atoms with Crippen LogP contribution in [0.5, 0.6) is 0 Å². The Morgan fingerprint density at radius 3 is 2.39 bits per heavy atom. The zero-order chi connectivity index (χ0) is 17.3. The van der Waals surface area contributed by atoms with Crippen LogP contribution in [-0.2, 0) is 0 Å². The van der Waals surface area contributed by atoms with Crippen molar-refractivity contribution < 1.29 is 4.79 Å². The fourth-order valence-electron chi connectivity index (χ4n) is 2.73. The molecule has 0 fully saturated rings. The molecule has 4 nitrogen and oxygen atoms in total. The molecular formula is C18H23N3OS. The van der Waals surface area contributed by atoms with Gasteiger partial charge in [0, 0.05) is 29.9 Å². The van der Waals surface area contributed by atoms with Crippen molar-refractivity contribution in [2.24, 2.45) is 5.92 Å². The molecule has 0 aliphatic heterocycles. The van der Waals surface area contributed by atoms with E-state index in [1.165, 1.54) is 0 Å². The Bertz CT molecular complexity index is 760. The summed E-state index contributed by atoms with van der Waals surface area (Å²) in [5.74, 6) is -0.195. The van der Waals surface area contributed by atoms with Gasteiger partial charge in [-0.25, -0.2) is 0 Å². The van der Waals surface area contributed by atoms with E-state index in [2.05, 4.69) is 22.8 Å². The molecule has 2 aromatic heterocycles. The maximum absolute atomic E-state index is 13.0. The third-order valence-corrected chi connectivity index (χ3v) is 5.36. The van der Waals surface area contributed by atoms with Gasteiger partial charge in [-0.05, 0) is 52.3 Å². The molecule has 2 aromatic rings. The molecule has 23 heavy (non-hydrogen) atoms. The molecule has 0 N–H and O–H groups in total. The van der Waals surface area contributed by atoms with Gasteiger partial charge in [0.05, 0.1) is 17.6 Å². The Kier molecular flexibility index (Phi) is 4.96. The van der Waals surface area contributed by atoms with Gasteiger partial charge in [0.25, 0.3) is 5.91 Å². The molecule has 0 bridgehead atoms. The normalized spacial score (nSPS) is 12.0. The standard InChI is InChI=1S/C18H23N3OS/c1-11(9-19)10-20(6)17(22)16-14(4)15(5)23-18(16)21-12(2)7-8-13(21)3/h7-8,11H,10H2,1-6H3/t11-/m0/s1. The molecule has 5 heteroatoms. The molecule has 0 unspecified atom stereocenters. The van der Waals surface area contributed by atoms with E-state index < -0.39 is 0 Å². The van der Waals surface area contributed by atoms with E-state index in [9.17, 15) is 4.79 Å². The highest BCUT2D eigenvalue weighted by Gasteiger charge is 2.25. The van der Waals surface area contributed by atoms with Crippen molar-refractivity contribution in [3.8, 4) is 11.1 Å². The summed E-state index contributed by atoms with van der Waals surface area (Å²) in [5.41, 5.74) is 4.01. The van der Waals surface area contributed by atoms with Crippen LogP contribution >= 0.6 is 11.3 Å². The lowest BCUT2D eigenvalue weighted by atomic mass is 10.1. The summed E-state index contributed by atoms with van der Waals surface area (Å²) in [6, 6.07) is 6.32. The number of thiophene rings is 1. The summed E-state index contributed by atoms with van der Waals surface area (Å²) in [7, 11) is 1.77. The molecule has 0 aliphatic rings. The Hall–Kier alpha value is -2.06. The van der Waals surface area contributed by atoms with Crippen LogP contribution in [-0.4, -0.2) is 29.0 Å². The molecule has 1 amide bonds. The van der Waals surface area contributed by atoms with Crippen molar-refractivity contribution in [1.82, 2.24) is 9.47 Å². The predicted octanol–water partition coefficient (Wildman–Crippen LogP) is 4.00. The van der Waals surface area contributed by atoms with Crippen LogP contribution in [0, 0.1) is 44.9 Å². The third-order valence-electron chi connectivity index (χ3n) is 4.17. The number of aromatic nitrogens is 1. The number of nitriles is 1. The number of nitrogens with zero attached hydrogens (tertiary/aromatic N) is 3. The first-order valence-electron chi connectivity index (χ1n) is 7.68. The average molecular weight is 329 g/mol. The van der Waals surface area contributed by atoms with E-state index in [-0.39, 0.29) is 11.8 Å². The van der Waals surface area contributed by atoms with Gasteiger partial charge in [-0.2, -0.15) is 5.26 Å². The monoisotopic (exact) mass is 329 g/mol. The highest BCUT2D eigenvalue weighted by Crippen LogP contribution is 2.33. The summed E-state index contributed by atoms with van der Waals surface area (Å²) in [6.07, 6.45) is 0. The third kappa shape index (κ3) is 3.18. The van der Waals surface area contributed by atoms with Gasteiger partial charge in [-0.1, -0.05) is 0 Å². The maximum Gasteiger partial charge on any atom is 0.256 e. The summed E-state index contributed by atoms with van der Waals surface area (Å²) >= 11 is 1.65. The minimum Gasteiger partial charge on any atom is -0.340 e. The van der Waals surface area contributed by atoms with Crippen LogP contribution in [0.4, 0.5) is 0 Å². The van der Waals surface area contributed by atoms with Gasteiger partial charge >= 0.3 is 0 Å². The van der Waals surface area contributed by atoms with Gasteiger partial charge in [-0.15, -0.1) is 11.3 Å². The fraction of sp³-hybridized carbons (Fsp3) is 0.444. The zero-order valence-corrected chi connectivity index (χ0v) is 15.4. The van der Waals surface area contributed by atoms with Crippen molar-refractivity contribution in [2.45, 2.75) is 34.6 Å². The van der Waals surface area contributed by atoms with E-state index in [1.807, 2.05) is 34.6 Å². The predicted molar refractivity (Wildman–Crippen MR) is 94.3 cm³/mol. The fourth-order valence-corrected chi connectivity index (χ4v) is 4.00. The molecule has 0 saturated carbocycles. The van der Waals surface area contributed by atoms with E-state index in [4.69, 9.17) is 5.26 Å². The maximum atomic E-state index is 13.0. The molecule has 2 rings (SSSR count). The largest absolute Gasteiger partial charge is 0.340 e. The molecule has 122 valence electrons. The number of aryl methyl sites for hydroxylation is 3. The van der Waals surface area contributed by atoms with Crippen LogP contribution in [0.25, 0.3) is 5.00 Å². The highest BCUT2D eigenvalue weighted by molar-refractivity contribution is 7.15. The van der Waals surface area contributed by atoms with E-state index >= 15 is 0 Å². The SMILES string of the molecule is Cc1sc(-n2c(C)ccc2C)c(C(=O)N(C)C[C@@H](C)C#N)c1C. The first-order chi connectivity index (χ1) is 10.8. The molecule has 0 spiro atoms. The van der Waals surface area contributed by atoms with Gasteiger partial charge in [0.1, 0.15) is 5.00 Å². The Morgan fingerprint density at radius 1 is 1.30 bits per heavy atom. The topological polar surface area (TPSA) is 49.0 Å². The van der Waals surface area contributed by atoms with Crippen molar-refractivity contribution in [3.63, 3.8) is 0 Å². The molecule has 0 saturated heterocycles. The average Bonchev–Trinajstić information content (AvgIpc) is 2.98. The van der Waals surface area contributed by atoms with E-state index in [0.717, 1.165) is 32.4 Å². The van der Waals surface area contributed by atoms with Crippen molar-refractivity contribution >= 4 is 17.2 Å². The second kappa shape index (κ2) is 6.59. The Morgan fingerprint density at radius 2 is 1.87 bits per heavy atom. The number of hydrogen-bond donors (Lipinski definition) is 0. The lowest BCUT2D eigenvalue weighted by Crippen LogP contribution is -2.31. The second-order valence-corrected chi connectivity index (χ2v) is 7.33. The lowest BCUT2D eigenvalue weighted by Gasteiger charge is -2.20. The molecule has 0 aromatic carbocycles. The van der Waals surface area contributed by atoms with Gasteiger partial charge in [-0.3, -0.25) is 4.79 Å². The first-order valence-corrected chi connectivity index (χ1v) is 8.50. The summed E-state index contributed by atoms with van der Waals surface area (Å²) in [4.78, 5) is 15.8. The van der Waals surface area contributed by atoms with Gasteiger partial charge in [0.15, 0.2) is 0 Å². The Labute approximate surface area is 142 Å². The van der Waals surface area contributed by atoms with E-state index in [1.54, 1.807) is 23.3 Å². The molecule has 0 radical (unpaired) electrons. The summed E-state index contributed by atoms with van der Waals surface area (Å²) in [5, 5.41) is 9.96. The minimum absolute atomic E-state index is 0.0172. The van der Waals surface area contributed by atoms with Crippen molar-refractivity contribution in [1.29, 1.82) is 5.26 Å². The first kappa shape index (κ1) is 17.3. The van der Waals surface area contributed by atoms with Crippen LogP contribution in [0.15, 0.2) is 12.1 Å². The lowest BCUT2D eigenvalue weighted by molar-refractivity contribution is 0.0785. The number of carbonyl (C=O) groups is 1. The van der Waals surface area contributed by atoms with E-state index in [0.29, 0.717) is 6.54 Å². The summed E-state index contributed by atoms with van der Waals surface area (Å²) in [6.45, 7) is 10.4. The van der Waals surface area contributed by atoms with Crippen LogP contribution < -0.4 is 0 Å². The number of amides is 1. The van der Waals surface area contributed by atoms with Crippen molar-refractivity contribution in [2.75, 3.05) is 13.6 Å². The number of carbonyl (C=O) groups excluding carboxylic acids is 1. The molecule has 1 atom stereocenters. The van der Waals surface area contributed by atoms with Gasteiger partial charge < -0.3 is 9.47 Å². The molecular weight excluding hydrogens is 306 g/mol. The quantitative estimate of drug-likeness (QED) is 0.851.